The zero-order valence-corrected chi connectivity index (χ0v) is 23.5. The summed E-state index contributed by atoms with van der Waals surface area (Å²) in [5, 5.41) is 0. The van der Waals surface area contributed by atoms with Crippen LogP contribution in [0.25, 0.3) is 0 Å². The molecule has 0 aromatic carbocycles. The summed E-state index contributed by atoms with van der Waals surface area (Å²) < 4.78 is 0.939. The van der Waals surface area contributed by atoms with Crippen molar-refractivity contribution in [3.05, 3.63) is 0 Å². The van der Waals surface area contributed by atoms with Crippen LogP contribution in [0.3, 0.4) is 0 Å². The molecule has 1 unspecified atom stereocenters. The Morgan fingerprint density at radius 1 is 0.333 bits per heavy atom. The van der Waals surface area contributed by atoms with Gasteiger partial charge in [-0.05, 0) is 12.8 Å². The Bertz CT molecular complexity index is 288. The van der Waals surface area contributed by atoms with E-state index in [1.54, 1.807) is 0 Å². The molecule has 0 N–H and O–H groups in total. The van der Waals surface area contributed by atoms with Gasteiger partial charge >= 0.3 is 0 Å². The zero-order valence-electron chi connectivity index (χ0n) is 21.3. The number of hydrogen-bond donors (Lipinski definition) is 0. The van der Waals surface area contributed by atoms with Crippen molar-refractivity contribution in [2.24, 2.45) is 0 Å². The van der Waals surface area contributed by atoms with E-state index in [1.165, 1.54) is 167 Å². The van der Waals surface area contributed by atoms with Crippen LogP contribution in [-0.4, -0.2) is 3.92 Å². The van der Waals surface area contributed by atoms with Gasteiger partial charge < -0.3 is 0 Å². The summed E-state index contributed by atoms with van der Waals surface area (Å²) in [6.07, 6.45) is 38.2. The number of unbranched alkanes of at least 4 members (excludes halogenated alkanes) is 22. The van der Waals surface area contributed by atoms with Gasteiger partial charge in [0.1, 0.15) is 0 Å². The van der Waals surface area contributed by atoms with Gasteiger partial charge in [-0.15, -0.1) is 0 Å². The maximum absolute atomic E-state index is 2.73. The molecule has 0 saturated carbocycles. The van der Waals surface area contributed by atoms with Crippen LogP contribution >= 0.6 is 22.6 Å². The summed E-state index contributed by atoms with van der Waals surface area (Å²) in [5.74, 6) is 0. The average molecular weight is 535 g/mol. The predicted octanol–water partition coefficient (Wildman–Crippen LogP) is 12.0. The smallest absolute Gasteiger partial charge is 0.0110 e. The number of alkyl halides is 1. The van der Waals surface area contributed by atoms with Crippen molar-refractivity contribution in [3.8, 4) is 0 Å². The molecule has 0 radical (unpaired) electrons. The minimum atomic E-state index is 0.939. The molecule has 0 aromatic heterocycles. The summed E-state index contributed by atoms with van der Waals surface area (Å²) in [7, 11) is 0. The largest absolute Gasteiger partial charge is 0.0826 e. The van der Waals surface area contributed by atoms with Crippen molar-refractivity contribution in [1.82, 2.24) is 0 Å². The molecule has 1 atom stereocenters. The second-order valence-corrected chi connectivity index (χ2v) is 11.7. The van der Waals surface area contributed by atoms with Crippen LogP contribution < -0.4 is 0 Å². The molecule has 0 aliphatic heterocycles. The zero-order chi connectivity index (χ0) is 22.0. The summed E-state index contributed by atoms with van der Waals surface area (Å²) in [6.45, 7) is 4.61. The molecule has 0 nitrogen and oxygen atoms in total. The molecule has 0 aliphatic carbocycles. The predicted molar refractivity (Wildman–Crippen MR) is 149 cm³/mol. The van der Waals surface area contributed by atoms with Crippen molar-refractivity contribution in [3.63, 3.8) is 0 Å². The Balaban J connectivity index is 3.12. The first kappa shape index (κ1) is 30.7. The van der Waals surface area contributed by atoms with E-state index in [0.717, 1.165) is 3.92 Å². The van der Waals surface area contributed by atoms with Gasteiger partial charge in [0.25, 0.3) is 0 Å². The van der Waals surface area contributed by atoms with E-state index in [-0.39, 0.29) is 0 Å². The first-order chi connectivity index (χ1) is 14.8. The highest BCUT2D eigenvalue weighted by atomic mass is 127. The fourth-order valence-corrected chi connectivity index (χ4v) is 5.44. The standard InChI is InChI=1S/C29H59I/c1-3-5-7-9-11-13-15-16-17-18-20-22-24-26-28-29(30)27-25-23-21-19-14-12-10-8-6-4-2/h29H,3-28H2,1-2H3. The Hall–Kier alpha value is 0.730. The molecule has 0 saturated heterocycles. The van der Waals surface area contributed by atoms with Gasteiger partial charge in [-0.3, -0.25) is 0 Å². The molecule has 0 spiro atoms. The number of rotatable bonds is 26. The van der Waals surface area contributed by atoms with Gasteiger partial charge in [-0.2, -0.15) is 0 Å². The van der Waals surface area contributed by atoms with Gasteiger partial charge in [0.15, 0.2) is 0 Å². The molecule has 182 valence electrons. The SMILES string of the molecule is CCCCCCCCCCCCCCCCC(I)CCCCCCCCCCCC. The van der Waals surface area contributed by atoms with Crippen LogP contribution in [0.5, 0.6) is 0 Å². The van der Waals surface area contributed by atoms with E-state index in [4.69, 9.17) is 0 Å². The molecule has 0 aromatic rings. The molecular formula is C29H59I. The van der Waals surface area contributed by atoms with E-state index in [0.29, 0.717) is 0 Å². The first-order valence-corrected chi connectivity index (χ1v) is 15.7. The Morgan fingerprint density at radius 3 is 0.767 bits per heavy atom. The lowest BCUT2D eigenvalue weighted by Gasteiger charge is -2.09. The highest BCUT2D eigenvalue weighted by molar-refractivity contribution is 14.1. The lowest BCUT2D eigenvalue weighted by Crippen LogP contribution is -1.97. The lowest BCUT2D eigenvalue weighted by atomic mass is 10.0. The van der Waals surface area contributed by atoms with Crippen molar-refractivity contribution in [2.45, 2.75) is 185 Å². The summed E-state index contributed by atoms with van der Waals surface area (Å²) in [5.41, 5.74) is 0. The van der Waals surface area contributed by atoms with Gasteiger partial charge in [-0.25, -0.2) is 0 Å². The van der Waals surface area contributed by atoms with E-state index >= 15 is 0 Å². The van der Waals surface area contributed by atoms with Crippen LogP contribution in [0.1, 0.15) is 181 Å². The Morgan fingerprint density at radius 2 is 0.533 bits per heavy atom. The van der Waals surface area contributed by atoms with Gasteiger partial charge in [0.2, 0.25) is 0 Å². The first-order valence-electron chi connectivity index (χ1n) is 14.4. The Labute approximate surface area is 206 Å². The minimum Gasteiger partial charge on any atom is -0.0826 e. The van der Waals surface area contributed by atoms with Crippen LogP contribution in [0.15, 0.2) is 0 Å². The molecule has 0 bridgehead atoms. The molecule has 1 heteroatoms. The van der Waals surface area contributed by atoms with Gasteiger partial charge in [0.05, 0.1) is 0 Å². The third kappa shape index (κ3) is 26.8. The highest BCUT2D eigenvalue weighted by Gasteiger charge is 2.03. The third-order valence-electron chi connectivity index (χ3n) is 6.74. The van der Waals surface area contributed by atoms with E-state index < -0.39 is 0 Å². The molecule has 0 heterocycles. The summed E-state index contributed by atoms with van der Waals surface area (Å²) >= 11 is 2.73. The molecule has 0 rings (SSSR count). The summed E-state index contributed by atoms with van der Waals surface area (Å²) in [6, 6.07) is 0. The topological polar surface area (TPSA) is 0 Å². The number of halogens is 1. The molecule has 30 heavy (non-hydrogen) atoms. The molecule has 0 fully saturated rings. The lowest BCUT2D eigenvalue weighted by molar-refractivity contribution is 0.523. The minimum absolute atomic E-state index is 0.939. The van der Waals surface area contributed by atoms with Crippen molar-refractivity contribution < 1.29 is 0 Å². The Kier molecular flexibility index (Phi) is 28.4. The van der Waals surface area contributed by atoms with Gasteiger partial charge in [-0.1, -0.05) is 191 Å². The number of hydrogen-bond acceptors (Lipinski definition) is 0. The van der Waals surface area contributed by atoms with Crippen molar-refractivity contribution in [1.29, 1.82) is 0 Å². The maximum Gasteiger partial charge on any atom is 0.0110 e. The fraction of sp³-hybridized carbons (Fsp3) is 1.00. The normalized spacial score (nSPS) is 12.5. The molecule has 0 amide bonds. The fourth-order valence-electron chi connectivity index (χ4n) is 4.56. The molecule has 0 aliphatic rings. The maximum atomic E-state index is 2.73. The van der Waals surface area contributed by atoms with Crippen LogP contribution in [-0.2, 0) is 0 Å². The highest BCUT2D eigenvalue weighted by Crippen LogP contribution is 2.20. The van der Waals surface area contributed by atoms with Crippen molar-refractivity contribution in [2.75, 3.05) is 0 Å². The van der Waals surface area contributed by atoms with E-state index in [2.05, 4.69) is 36.4 Å². The van der Waals surface area contributed by atoms with Crippen LogP contribution in [0.2, 0.25) is 0 Å². The quantitative estimate of drug-likeness (QED) is 0.0588. The van der Waals surface area contributed by atoms with Crippen LogP contribution in [0.4, 0.5) is 0 Å². The summed E-state index contributed by atoms with van der Waals surface area (Å²) in [4.78, 5) is 0. The second-order valence-electron chi connectivity index (χ2n) is 9.95. The molecular weight excluding hydrogens is 475 g/mol. The third-order valence-corrected chi connectivity index (χ3v) is 7.99. The van der Waals surface area contributed by atoms with E-state index in [1.807, 2.05) is 0 Å². The van der Waals surface area contributed by atoms with Gasteiger partial charge in [0, 0.05) is 3.92 Å². The second kappa shape index (κ2) is 27.8. The van der Waals surface area contributed by atoms with E-state index in [9.17, 15) is 0 Å². The van der Waals surface area contributed by atoms with Crippen LogP contribution in [0, 0.1) is 0 Å². The van der Waals surface area contributed by atoms with Crippen molar-refractivity contribution >= 4 is 22.6 Å². The monoisotopic (exact) mass is 534 g/mol. The average Bonchev–Trinajstić information content (AvgIpc) is 2.75.